The lowest BCUT2D eigenvalue weighted by Gasteiger charge is -2.24. The molecule has 0 aromatic carbocycles. The van der Waals surface area contributed by atoms with E-state index in [1.807, 2.05) is 0 Å². The van der Waals surface area contributed by atoms with Crippen LogP contribution < -0.4 is 0 Å². The Labute approximate surface area is 83.5 Å². The molecule has 0 rings (SSSR count). The minimum atomic E-state index is 0.764. The Morgan fingerprint density at radius 2 is 1.67 bits per heavy atom. The summed E-state index contributed by atoms with van der Waals surface area (Å²) in [5, 5.41) is 0. The van der Waals surface area contributed by atoms with Crippen molar-refractivity contribution in [3.05, 3.63) is 0 Å². The second kappa shape index (κ2) is 6.82. The van der Waals surface area contributed by atoms with Crippen molar-refractivity contribution < 1.29 is 0 Å². The average molecular weight is 188 g/mol. The Hall–Kier alpha value is 0.350. The highest BCUT2D eigenvalue weighted by Gasteiger charge is 2.16. The first-order valence-electron chi connectivity index (χ1n) is 5.24. The van der Waals surface area contributed by atoms with Gasteiger partial charge >= 0.3 is 0 Å². The summed E-state index contributed by atoms with van der Waals surface area (Å²) in [6.45, 7) is 9.31. The lowest BCUT2D eigenvalue weighted by Crippen LogP contribution is -2.17. The van der Waals surface area contributed by atoms with E-state index in [4.69, 9.17) is 0 Å². The van der Waals surface area contributed by atoms with E-state index in [2.05, 4.69) is 40.3 Å². The van der Waals surface area contributed by atoms with Crippen LogP contribution in [0.25, 0.3) is 0 Å². The van der Waals surface area contributed by atoms with E-state index in [1.165, 1.54) is 19.3 Å². The van der Waals surface area contributed by atoms with E-state index in [9.17, 15) is 0 Å². The van der Waals surface area contributed by atoms with E-state index in [-0.39, 0.29) is 0 Å². The molecule has 74 valence electrons. The van der Waals surface area contributed by atoms with Crippen LogP contribution in [-0.2, 0) is 0 Å². The summed E-state index contributed by atoms with van der Waals surface area (Å²) in [5.41, 5.74) is 0. The van der Waals surface area contributed by atoms with Crippen molar-refractivity contribution in [2.45, 2.75) is 47.0 Å². The van der Waals surface area contributed by atoms with Gasteiger partial charge in [0.1, 0.15) is 0 Å². The van der Waals surface area contributed by atoms with Crippen LogP contribution in [0.1, 0.15) is 47.0 Å². The molecule has 0 saturated heterocycles. The first-order chi connectivity index (χ1) is 5.63. The molecule has 0 spiro atoms. The zero-order valence-corrected chi connectivity index (χ0v) is 9.90. The predicted molar refractivity (Wildman–Crippen MR) is 60.9 cm³/mol. The maximum atomic E-state index is 4.34. The second-order valence-corrected chi connectivity index (χ2v) is 4.50. The highest BCUT2D eigenvalue weighted by molar-refractivity contribution is 7.80. The van der Waals surface area contributed by atoms with E-state index in [0.717, 1.165) is 23.5 Å². The Morgan fingerprint density at radius 3 is 2.08 bits per heavy atom. The van der Waals surface area contributed by atoms with E-state index < -0.39 is 0 Å². The number of hydrogen-bond donors (Lipinski definition) is 1. The summed E-state index contributed by atoms with van der Waals surface area (Å²) in [6, 6.07) is 0. The molecule has 0 aromatic heterocycles. The average Bonchev–Trinajstić information content (AvgIpc) is 2.11. The first-order valence-corrected chi connectivity index (χ1v) is 5.87. The maximum Gasteiger partial charge on any atom is -0.00695 e. The number of thiol groups is 1. The van der Waals surface area contributed by atoms with Gasteiger partial charge in [-0.25, -0.2) is 0 Å². The molecule has 0 N–H and O–H groups in total. The fourth-order valence-corrected chi connectivity index (χ4v) is 1.85. The Morgan fingerprint density at radius 1 is 1.08 bits per heavy atom. The largest absolute Gasteiger partial charge is 0.179 e. The summed E-state index contributed by atoms with van der Waals surface area (Å²) in [7, 11) is 0. The van der Waals surface area contributed by atoms with Crippen LogP contribution in [-0.4, -0.2) is 5.75 Å². The van der Waals surface area contributed by atoms with E-state index >= 15 is 0 Å². The molecule has 0 radical (unpaired) electrons. The highest BCUT2D eigenvalue weighted by atomic mass is 32.1. The van der Waals surface area contributed by atoms with Gasteiger partial charge in [0.05, 0.1) is 0 Å². The third-order valence-electron chi connectivity index (χ3n) is 3.10. The molecule has 3 unspecified atom stereocenters. The van der Waals surface area contributed by atoms with Gasteiger partial charge in [-0.15, -0.1) is 0 Å². The summed E-state index contributed by atoms with van der Waals surface area (Å²) < 4.78 is 0. The van der Waals surface area contributed by atoms with Crippen molar-refractivity contribution in [3.8, 4) is 0 Å². The highest BCUT2D eigenvalue weighted by Crippen LogP contribution is 2.25. The quantitative estimate of drug-likeness (QED) is 0.598. The lowest BCUT2D eigenvalue weighted by molar-refractivity contribution is 0.281. The van der Waals surface area contributed by atoms with Gasteiger partial charge in [-0.05, 0) is 23.5 Å². The zero-order chi connectivity index (χ0) is 9.56. The fraction of sp³-hybridized carbons (Fsp3) is 1.00. The fourth-order valence-electron chi connectivity index (χ4n) is 1.52. The van der Waals surface area contributed by atoms with Crippen molar-refractivity contribution in [1.82, 2.24) is 0 Å². The van der Waals surface area contributed by atoms with E-state index in [0.29, 0.717) is 0 Å². The molecular formula is C11H24S. The van der Waals surface area contributed by atoms with Crippen LogP contribution in [0.15, 0.2) is 0 Å². The molecule has 0 heterocycles. The molecule has 0 aromatic rings. The Balaban J connectivity index is 3.67. The monoisotopic (exact) mass is 188 g/mol. The van der Waals surface area contributed by atoms with Gasteiger partial charge in [0, 0.05) is 0 Å². The van der Waals surface area contributed by atoms with Gasteiger partial charge in [0.15, 0.2) is 0 Å². The van der Waals surface area contributed by atoms with Crippen LogP contribution in [0.3, 0.4) is 0 Å². The topological polar surface area (TPSA) is 0 Å². The van der Waals surface area contributed by atoms with Gasteiger partial charge < -0.3 is 0 Å². The molecule has 0 saturated carbocycles. The van der Waals surface area contributed by atoms with Gasteiger partial charge in [-0.2, -0.15) is 12.6 Å². The van der Waals surface area contributed by atoms with Gasteiger partial charge in [-0.1, -0.05) is 47.0 Å². The molecule has 0 bridgehead atoms. The molecule has 0 nitrogen and oxygen atoms in total. The van der Waals surface area contributed by atoms with Crippen LogP contribution in [0, 0.1) is 17.8 Å². The van der Waals surface area contributed by atoms with Crippen LogP contribution in [0.4, 0.5) is 0 Å². The number of unbranched alkanes of at least 4 members (excludes halogenated alkanes) is 1. The van der Waals surface area contributed by atoms with Crippen LogP contribution in [0.2, 0.25) is 0 Å². The minimum absolute atomic E-state index is 0.764. The molecule has 0 aliphatic carbocycles. The van der Waals surface area contributed by atoms with Crippen LogP contribution in [0.5, 0.6) is 0 Å². The third kappa shape index (κ3) is 4.39. The van der Waals surface area contributed by atoms with Crippen molar-refractivity contribution >= 4 is 12.6 Å². The second-order valence-electron chi connectivity index (χ2n) is 4.14. The standard InChI is InChI=1S/C11H24S/c1-5-6-7-9(2)11(4)10(3)8-12/h9-12H,5-8H2,1-4H3. The number of hydrogen-bond acceptors (Lipinski definition) is 1. The minimum Gasteiger partial charge on any atom is -0.179 e. The molecule has 1 heteroatoms. The molecular weight excluding hydrogens is 164 g/mol. The van der Waals surface area contributed by atoms with Gasteiger partial charge in [-0.3, -0.25) is 0 Å². The summed E-state index contributed by atoms with van der Waals surface area (Å²) >= 11 is 4.34. The first kappa shape index (κ1) is 12.3. The van der Waals surface area contributed by atoms with E-state index in [1.54, 1.807) is 0 Å². The number of rotatable bonds is 6. The Bertz CT molecular complexity index is 101. The predicted octanol–water partition coefficient (Wildman–Crippen LogP) is 4.01. The van der Waals surface area contributed by atoms with Crippen LogP contribution >= 0.6 is 12.6 Å². The smallest absolute Gasteiger partial charge is 0.00695 e. The summed E-state index contributed by atoms with van der Waals surface area (Å²) in [6.07, 6.45) is 4.09. The van der Waals surface area contributed by atoms with Gasteiger partial charge in [0.25, 0.3) is 0 Å². The van der Waals surface area contributed by atoms with Crippen molar-refractivity contribution in [2.24, 2.45) is 17.8 Å². The van der Waals surface area contributed by atoms with Gasteiger partial charge in [0.2, 0.25) is 0 Å². The van der Waals surface area contributed by atoms with Crippen molar-refractivity contribution in [3.63, 3.8) is 0 Å². The molecule has 12 heavy (non-hydrogen) atoms. The normalized spacial score (nSPS) is 18.8. The summed E-state index contributed by atoms with van der Waals surface area (Å²) in [5.74, 6) is 3.49. The molecule has 3 atom stereocenters. The third-order valence-corrected chi connectivity index (χ3v) is 3.67. The molecule has 0 amide bonds. The summed E-state index contributed by atoms with van der Waals surface area (Å²) in [4.78, 5) is 0. The van der Waals surface area contributed by atoms with Crippen molar-refractivity contribution in [2.75, 3.05) is 5.75 Å². The van der Waals surface area contributed by atoms with Crippen molar-refractivity contribution in [1.29, 1.82) is 0 Å². The molecule has 0 fully saturated rings. The lowest BCUT2D eigenvalue weighted by atomic mass is 9.83. The molecule has 0 aliphatic rings. The molecule has 0 aliphatic heterocycles. The zero-order valence-electron chi connectivity index (χ0n) is 9.01. The maximum absolute atomic E-state index is 4.34. The SMILES string of the molecule is CCCCC(C)C(C)C(C)CS. The Kier molecular flexibility index (Phi) is 7.02.